The van der Waals surface area contributed by atoms with Gasteiger partial charge in [-0.2, -0.15) is 0 Å². The minimum absolute atomic E-state index is 0.0257. The average Bonchev–Trinajstić information content (AvgIpc) is 2.52. The van der Waals surface area contributed by atoms with Gasteiger partial charge in [-0.1, -0.05) is 18.2 Å². The highest BCUT2D eigenvalue weighted by Crippen LogP contribution is 2.31. The van der Waals surface area contributed by atoms with Crippen molar-refractivity contribution in [3.63, 3.8) is 0 Å². The number of amides is 1. The average molecular weight is 318 g/mol. The van der Waals surface area contributed by atoms with Crippen LogP contribution in [0.25, 0.3) is 0 Å². The molecule has 2 rings (SSSR count). The lowest BCUT2D eigenvalue weighted by Gasteiger charge is -2.28. The van der Waals surface area contributed by atoms with E-state index in [4.69, 9.17) is 4.74 Å². The molecule has 0 saturated heterocycles. The van der Waals surface area contributed by atoms with Crippen LogP contribution in [0.2, 0.25) is 0 Å². The Balaban J connectivity index is 2.12. The molecule has 1 atom stereocenters. The maximum atomic E-state index is 11.8. The molecule has 126 valence electrons. The van der Waals surface area contributed by atoms with Crippen LogP contribution in [0.1, 0.15) is 31.9 Å². The van der Waals surface area contributed by atoms with Gasteiger partial charge in [-0.3, -0.25) is 4.79 Å². The number of guanidine groups is 1. The zero-order chi connectivity index (χ0) is 16.8. The predicted molar refractivity (Wildman–Crippen MR) is 91.7 cm³/mol. The number of nitrogens with zero attached hydrogens (tertiary/aromatic N) is 2. The fourth-order valence-electron chi connectivity index (χ4n) is 2.35. The number of benzene rings is 1. The molecule has 0 spiro atoms. The molecular weight excluding hydrogens is 292 g/mol. The lowest BCUT2D eigenvalue weighted by molar-refractivity contribution is -0.127. The third-order valence-electron chi connectivity index (χ3n) is 3.57. The minimum atomic E-state index is -0.0257. The fraction of sp³-hybridized carbons (Fsp3) is 0.529. The molecule has 1 amide bonds. The van der Waals surface area contributed by atoms with Crippen molar-refractivity contribution in [2.45, 2.75) is 32.4 Å². The summed E-state index contributed by atoms with van der Waals surface area (Å²) in [5.74, 6) is 1.53. The number of aliphatic imine (C=N–C) groups is 1. The number of hydrogen-bond acceptors (Lipinski definition) is 3. The summed E-state index contributed by atoms with van der Waals surface area (Å²) in [6.07, 6.45) is 0.859. The molecule has 0 aliphatic carbocycles. The van der Waals surface area contributed by atoms with E-state index in [1.54, 1.807) is 19.0 Å². The van der Waals surface area contributed by atoms with E-state index >= 15 is 0 Å². The van der Waals surface area contributed by atoms with Gasteiger partial charge in [0.25, 0.3) is 0 Å². The number of rotatable bonds is 4. The van der Waals surface area contributed by atoms with E-state index in [1.807, 2.05) is 32.0 Å². The summed E-state index contributed by atoms with van der Waals surface area (Å²) in [7, 11) is 3.46. The predicted octanol–water partition coefficient (Wildman–Crippen LogP) is 1.54. The summed E-state index contributed by atoms with van der Waals surface area (Å²) in [6, 6.07) is 8.36. The standard InChI is InChI=1S/C17H26N4O2/c1-12(2)19-17(18-11-16(22)21(3)4)20-14-9-10-23-15-8-6-5-7-13(14)15/h5-8,12,14H,9-11H2,1-4H3,(H2,18,19,20). The first-order valence-corrected chi connectivity index (χ1v) is 7.96. The first-order valence-electron chi connectivity index (χ1n) is 7.96. The van der Waals surface area contributed by atoms with E-state index in [1.165, 1.54) is 0 Å². The van der Waals surface area contributed by atoms with Crippen LogP contribution in [0.5, 0.6) is 5.75 Å². The Kier molecular flexibility index (Phi) is 5.84. The Morgan fingerprint density at radius 3 is 2.83 bits per heavy atom. The van der Waals surface area contributed by atoms with Gasteiger partial charge in [0, 0.05) is 32.1 Å². The molecule has 1 aromatic rings. The van der Waals surface area contributed by atoms with Crippen LogP contribution in [0.4, 0.5) is 0 Å². The number of ether oxygens (including phenoxy) is 1. The normalized spacial score (nSPS) is 17.3. The van der Waals surface area contributed by atoms with Crippen molar-refractivity contribution in [2.75, 3.05) is 27.2 Å². The smallest absolute Gasteiger partial charge is 0.243 e. The Bertz CT molecular complexity index is 569. The van der Waals surface area contributed by atoms with Crippen molar-refractivity contribution in [1.82, 2.24) is 15.5 Å². The molecule has 0 aromatic heterocycles. The maximum absolute atomic E-state index is 11.8. The summed E-state index contributed by atoms with van der Waals surface area (Å²) < 4.78 is 5.68. The van der Waals surface area contributed by atoms with E-state index in [9.17, 15) is 4.79 Å². The van der Waals surface area contributed by atoms with Crippen molar-refractivity contribution < 1.29 is 9.53 Å². The molecule has 0 bridgehead atoms. The zero-order valence-electron chi connectivity index (χ0n) is 14.3. The molecule has 1 aromatic carbocycles. The van der Waals surface area contributed by atoms with Gasteiger partial charge in [-0.25, -0.2) is 4.99 Å². The van der Waals surface area contributed by atoms with Gasteiger partial charge in [0.2, 0.25) is 5.91 Å². The van der Waals surface area contributed by atoms with E-state index < -0.39 is 0 Å². The van der Waals surface area contributed by atoms with E-state index in [0.717, 1.165) is 17.7 Å². The van der Waals surface area contributed by atoms with E-state index in [2.05, 4.69) is 21.7 Å². The quantitative estimate of drug-likeness (QED) is 0.653. The summed E-state index contributed by atoms with van der Waals surface area (Å²) in [5, 5.41) is 6.71. The molecule has 2 N–H and O–H groups in total. The molecule has 0 fully saturated rings. The highest BCUT2D eigenvalue weighted by Gasteiger charge is 2.22. The van der Waals surface area contributed by atoms with Crippen LogP contribution in [0.3, 0.4) is 0 Å². The van der Waals surface area contributed by atoms with Crippen molar-refractivity contribution in [3.05, 3.63) is 29.8 Å². The van der Waals surface area contributed by atoms with Crippen LogP contribution in [-0.2, 0) is 4.79 Å². The molecule has 1 heterocycles. The van der Waals surface area contributed by atoms with Crippen LogP contribution in [-0.4, -0.2) is 50.1 Å². The minimum Gasteiger partial charge on any atom is -0.493 e. The van der Waals surface area contributed by atoms with Gasteiger partial charge in [0.1, 0.15) is 12.3 Å². The number of carbonyl (C=O) groups is 1. The molecule has 0 saturated carbocycles. The van der Waals surface area contributed by atoms with Gasteiger partial charge in [-0.05, 0) is 19.9 Å². The zero-order valence-corrected chi connectivity index (χ0v) is 14.3. The molecule has 1 aliphatic heterocycles. The Morgan fingerprint density at radius 2 is 2.13 bits per heavy atom. The topological polar surface area (TPSA) is 66.0 Å². The van der Waals surface area contributed by atoms with Crippen LogP contribution >= 0.6 is 0 Å². The monoisotopic (exact) mass is 318 g/mol. The molecule has 6 nitrogen and oxygen atoms in total. The number of nitrogens with one attached hydrogen (secondary N) is 2. The molecule has 6 heteroatoms. The number of fused-ring (bicyclic) bond motifs is 1. The lowest BCUT2D eigenvalue weighted by Crippen LogP contribution is -2.44. The second-order valence-corrected chi connectivity index (χ2v) is 6.12. The molecule has 1 unspecified atom stereocenters. The van der Waals surface area contributed by atoms with Crippen LogP contribution < -0.4 is 15.4 Å². The Hall–Kier alpha value is -2.24. The molecule has 23 heavy (non-hydrogen) atoms. The SMILES string of the molecule is CC(C)NC(=NCC(=O)N(C)C)NC1CCOc2ccccc21. The van der Waals surface area contributed by atoms with Gasteiger partial charge in [-0.15, -0.1) is 0 Å². The largest absolute Gasteiger partial charge is 0.493 e. The van der Waals surface area contributed by atoms with Crippen LogP contribution in [0.15, 0.2) is 29.3 Å². The second-order valence-electron chi connectivity index (χ2n) is 6.12. The Morgan fingerprint density at radius 1 is 1.39 bits per heavy atom. The second kappa shape index (κ2) is 7.85. The summed E-state index contributed by atoms with van der Waals surface area (Å²) in [4.78, 5) is 17.7. The van der Waals surface area contributed by atoms with Crippen molar-refractivity contribution in [3.8, 4) is 5.75 Å². The van der Waals surface area contributed by atoms with Gasteiger partial charge in [0.15, 0.2) is 5.96 Å². The fourth-order valence-corrected chi connectivity index (χ4v) is 2.35. The van der Waals surface area contributed by atoms with Crippen molar-refractivity contribution in [2.24, 2.45) is 4.99 Å². The molecule has 1 aliphatic rings. The first kappa shape index (κ1) is 17.1. The first-order chi connectivity index (χ1) is 11.0. The van der Waals surface area contributed by atoms with Gasteiger partial charge >= 0.3 is 0 Å². The number of para-hydroxylation sites is 1. The Labute approximate surface area is 137 Å². The number of carbonyl (C=O) groups excluding carboxylic acids is 1. The lowest BCUT2D eigenvalue weighted by atomic mass is 10.0. The summed E-state index contributed by atoms with van der Waals surface area (Å²) >= 11 is 0. The highest BCUT2D eigenvalue weighted by molar-refractivity contribution is 5.85. The summed E-state index contributed by atoms with van der Waals surface area (Å²) in [6.45, 7) is 4.88. The van der Waals surface area contributed by atoms with Crippen molar-refractivity contribution in [1.29, 1.82) is 0 Å². The van der Waals surface area contributed by atoms with Crippen LogP contribution in [0, 0.1) is 0 Å². The maximum Gasteiger partial charge on any atom is 0.243 e. The highest BCUT2D eigenvalue weighted by atomic mass is 16.5. The van der Waals surface area contributed by atoms with E-state index in [0.29, 0.717) is 12.6 Å². The van der Waals surface area contributed by atoms with E-state index in [-0.39, 0.29) is 24.5 Å². The third-order valence-corrected chi connectivity index (χ3v) is 3.57. The van der Waals surface area contributed by atoms with Gasteiger partial charge < -0.3 is 20.3 Å². The number of hydrogen-bond donors (Lipinski definition) is 2. The van der Waals surface area contributed by atoms with Crippen molar-refractivity contribution >= 4 is 11.9 Å². The third kappa shape index (κ3) is 4.87. The molecule has 0 radical (unpaired) electrons. The number of likely N-dealkylation sites (N-methyl/N-ethyl adjacent to an activating group) is 1. The van der Waals surface area contributed by atoms with Gasteiger partial charge in [0.05, 0.1) is 12.6 Å². The summed E-state index contributed by atoms with van der Waals surface area (Å²) in [5.41, 5.74) is 1.12. The molecular formula is C17H26N4O2.